The summed E-state index contributed by atoms with van der Waals surface area (Å²) in [6.07, 6.45) is 0.690. The van der Waals surface area contributed by atoms with E-state index in [-0.39, 0.29) is 17.1 Å². The van der Waals surface area contributed by atoms with Crippen LogP contribution in [0.2, 0.25) is 5.02 Å². The molecular weight excluding hydrogens is 310 g/mol. The van der Waals surface area contributed by atoms with Crippen molar-refractivity contribution in [1.82, 2.24) is 5.32 Å². The molecule has 0 saturated heterocycles. The molecule has 4 nitrogen and oxygen atoms in total. The number of halogens is 1. The van der Waals surface area contributed by atoms with E-state index < -0.39 is 12.0 Å². The van der Waals surface area contributed by atoms with Gasteiger partial charge in [-0.2, -0.15) is 0 Å². The molecule has 3 atom stereocenters. The number of amides is 1. The van der Waals surface area contributed by atoms with Gasteiger partial charge < -0.3 is 10.4 Å². The van der Waals surface area contributed by atoms with Gasteiger partial charge in [-0.15, -0.1) is 11.8 Å². The standard InChI is InChI=1S/C15H20ClNO3S/c1-4-9(2)13(15(19)20)17-14(18)10(3)21-12-7-5-11(16)6-8-12/h5-10,13H,4H2,1-3H3,(H,17,18)(H,19,20)/t9-,10+,13-/m0/s1. The van der Waals surface area contributed by atoms with Crippen molar-refractivity contribution in [2.24, 2.45) is 5.92 Å². The monoisotopic (exact) mass is 329 g/mol. The lowest BCUT2D eigenvalue weighted by Crippen LogP contribution is -2.47. The lowest BCUT2D eigenvalue weighted by Gasteiger charge is -2.22. The van der Waals surface area contributed by atoms with Crippen LogP contribution in [-0.2, 0) is 9.59 Å². The van der Waals surface area contributed by atoms with E-state index >= 15 is 0 Å². The molecule has 0 aromatic heterocycles. The molecule has 21 heavy (non-hydrogen) atoms. The highest BCUT2D eigenvalue weighted by atomic mass is 35.5. The van der Waals surface area contributed by atoms with E-state index in [1.54, 1.807) is 19.1 Å². The Bertz CT molecular complexity index is 492. The predicted octanol–water partition coefficient (Wildman–Crippen LogP) is 3.44. The molecule has 0 unspecified atom stereocenters. The van der Waals surface area contributed by atoms with Gasteiger partial charge in [0, 0.05) is 9.92 Å². The Labute approximate surface area is 134 Å². The average molecular weight is 330 g/mol. The number of carbonyl (C=O) groups is 2. The molecule has 0 saturated carbocycles. The van der Waals surface area contributed by atoms with Crippen molar-refractivity contribution < 1.29 is 14.7 Å². The van der Waals surface area contributed by atoms with Crippen LogP contribution < -0.4 is 5.32 Å². The first kappa shape index (κ1) is 17.9. The number of benzene rings is 1. The maximum Gasteiger partial charge on any atom is 0.326 e. The fourth-order valence-electron chi connectivity index (χ4n) is 1.72. The largest absolute Gasteiger partial charge is 0.480 e. The van der Waals surface area contributed by atoms with Gasteiger partial charge in [0.1, 0.15) is 6.04 Å². The quantitative estimate of drug-likeness (QED) is 0.752. The van der Waals surface area contributed by atoms with Gasteiger partial charge in [-0.25, -0.2) is 4.79 Å². The summed E-state index contributed by atoms with van der Waals surface area (Å²) in [5.74, 6) is -1.39. The number of hydrogen-bond donors (Lipinski definition) is 2. The summed E-state index contributed by atoms with van der Waals surface area (Å²) in [7, 11) is 0. The van der Waals surface area contributed by atoms with Gasteiger partial charge in [-0.1, -0.05) is 31.9 Å². The highest BCUT2D eigenvalue weighted by Crippen LogP contribution is 2.25. The third kappa shape index (κ3) is 5.59. The van der Waals surface area contributed by atoms with Gasteiger partial charge in [0.2, 0.25) is 5.91 Å². The minimum atomic E-state index is -0.999. The summed E-state index contributed by atoms with van der Waals surface area (Å²) in [4.78, 5) is 24.3. The highest BCUT2D eigenvalue weighted by Gasteiger charge is 2.27. The maximum atomic E-state index is 12.1. The normalized spacial score (nSPS) is 15.0. The van der Waals surface area contributed by atoms with Crippen LogP contribution in [0.4, 0.5) is 0 Å². The van der Waals surface area contributed by atoms with E-state index in [1.165, 1.54) is 11.8 Å². The molecule has 0 aliphatic heterocycles. The molecule has 1 aromatic carbocycles. The first-order chi connectivity index (χ1) is 9.85. The van der Waals surface area contributed by atoms with Gasteiger partial charge in [0.05, 0.1) is 5.25 Å². The fraction of sp³-hybridized carbons (Fsp3) is 0.467. The summed E-state index contributed by atoms with van der Waals surface area (Å²) in [6, 6.07) is 6.33. The smallest absolute Gasteiger partial charge is 0.326 e. The third-order valence-corrected chi connectivity index (χ3v) is 4.64. The number of hydrogen-bond acceptors (Lipinski definition) is 3. The molecule has 1 rings (SSSR count). The van der Waals surface area contributed by atoms with Crippen LogP contribution >= 0.6 is 23.4 Å². The summed E-state index contributed by atoms with van der Waals surface area (Å²) >= 11 is 7.18. The van der Waals surface area contributed by atoms with Crippen molar-refractivity contribution in [1.29, 1.82) is 0 Å². The van der Waals surface area contributed by atoms with Crippen molar-refractivity contribution in [3.63, 3.8) is 0 Å². The molecule has 116 valence electrons. The van der Waals surface area contributed by atoms with E-state index in [0.29, 0.717) is 11.4 Å². The van der Waals surface area contributed by atoms with E-state index in [2.05, 4.69) is 5.32 Å². The zero-order valence-electron chi connectivity index (χ0n) is 12.3. The minimum Gasteiger partial charge on any atom is -0.480 e. The van der Waals surface area contributed by atoms with Gasteiger partial charge in [0.25, 0.3) is 0 Å². The van der Waals surface area contributed by atoms with E-state index in [0.717, 1.165) is 4.90 Å². The number of rotatable bonds is 7. The summed E-state index contributed by atoms with van der Waals surface area (Å²) in [5, 5.41) is 12.1. The molecule has 0 aliphatic carbocycles. The van der Waals surface area contributed by atoms with Gasteiger partial charge in [-0.3, -0.25) is 4.79 Å². The first-order valence-electron chi connectivity index (χ1n) is 6.80. The van der Waals surface area contributed by atoms with Crippen molar-refractivity contribution >= 4 is 35.2 Å². The Kier molecular flexibility index (Phi) is 7.05. The number of carboxylic acid groups (broad SMARTS) is 1. The topological polar surface area (TPSA) is 66.4 Å². The average Bonchev–Trinajstić information content (AvgIpc) is 2.45. The molecule has 0 bridgehead atoms. The maximum absolute atomic E-state index is 12.1. The number of nitrogens with one attached hydrogen (secondary N) is 1. The lowest BCUT2D eigenvalue weighted by atomic mass is 9.99. The predicted molar refractivity (Wildman–Crippen MR) is 85.8 cm³/mol. The van der Waals surface area contributed by atoms with Crippen molar-refractivity contribution in [3.05, 3.63) is 29.3 Å². The molecule has 1 aromatic rings. The second-order valence-corrected chi connectivity index (χ2v) is 6.77. The summed E-state index contributed by atoms with van der Waals surface area (Å²) < 4.78 is 0. The van der Waals surface area contributed by atoms with Crippen LogP contribution in [0.1, 0.15) is 27.2 Å². The van der Waals surface area contributed by atoms with Crippen molar-refractivity contribution in [2.45, 2.75) is 43.4 Å². The van der Waals surface area contributed by atoms with Crippen molar-refractivity contribution in [3.8, 4) is 0 Å². The van der Waals surface area contributed by atoms with Gasteiger partial charge in [-0.05, 0) is 37.1 Å². The zero-order chi connectivity index (χ0) is 16.0. The van der Waals surface area contributed by atoms with Gasteiger partial charge in [0.15, 0.2) is 0 Å². The second kappa shape index (κ2) is 8.29. The minimum absolute atomic E-state index is 0.112. The number of carbonyl (C=O) groups excluding carboxylic acids is 1. The lowest BCUT2D eigenvalue weighted by molar-refractivity contribution is -0.143. The molecule has 0 fully saturated rings. The van der Waals surface area contributed by atoms with Crippen LogP contribution in [-0.4, -0.2) is 28.3 Å². The SMILES string of the molecule is CC[C@H](C)[C@H](NC(=O)[C@@H](C)Sc1ccc(Cl)cc1)C(=O)O. The van der Waals surface area contributed by atoms with Gasteiger partial charge >= 0.3 is 5.97 Å². The Morgan fingerprint density at radius 3 is 2.33 bits per heavy atom. The molecular formula is C15H20ClNO3S. The van der Waals surface area contributed by atoms with E-state index in [9.17, 15) is 14.7 Å². The molecule has 6 heteroatoms. The molecule has 0 heterocycles. The summed E-state index contributed by atoms with van der Waals surface area (Å²) in [5.41, 5.74) is 0. The fourth-order valence-corrected chi connectivity index (χ4v) is 2.73. The number of thioether (sulfide) groups is 1. The molecule has 0 aliphatic rings. The van der Waals surface area contributed by atoms with Crippen LogP contribution in [0.5, 0.6) is 0 Å². The van der Waals surface area contributed by atoms with Crippen LogP contribution in [0.15, 0.2) is 29.2 Å². The molecule has 1 amide bonds. The first-order valence-corrected chi connectivity index (χ1v) is 8.06. The Morgan fingerprint density at radius 1 is 1.29 bits per heavy atom. The van der Waals surface area contributed by atoms with E-state index in [4.69, 9.17) is 11.6 Å². The van der Waals surface area contributed by atoms with Crippen LogP contribution in [0, 0.1) is 5.92 Å². The van der Waals surface area contributed by atoms with E-state index in [1.807, 2.05) is 26.0 Å². The van der Waals surface area contributed by atoms with Crippen LogP contribution in [0.25, 0.3) is 0 Å². The molecule has 0 spiro atoms. The Morgan fingerprint density at radius 2 is 1.86 bits per heavy atom. The Balaban J connectivity index is 2.64. The Hall–Kier alpha value is -1.20. The molecule has 2 N–H and O–H groups in total. The third-order valence-electron chi connectivity index (χ3n) is 3.27. The summed E-state index contributed by atoms with van der Waals surface area (Å²) in [6.45, 7) is 5.47. The van der Waals surface area contributed by atoms with Crippen LogP contribution in [0.3, 0.4) is 0 Å². The molecule has 0 radical (unpaired) electrons. The number of carboxylic acids is 1. The van der Waals surface area contributed by atoms with Crippen molar-refractivity contribution in [2.75, 3.05) is 0 Å². The zero-order valence-corrected chi connectivity index (χ0v) is 13.9. The highest BCUT2D eigenvalue weighted by molar-refractivity contribution is 8.00. The number of aliphatic carboxylic acids is 1. The second-order valence-electron chi connectivity index (χ2n) is 4.92.